The smallest absolute Gasteiger partial charge is 0.401 e. The van der Waals surface area contributed by atoms with Crippen LogP contribution in [-0.2, 0) is 18.8 Å². The molecule has 0 unspecified atom stereocenters. The summed E-state index contributed by atoms with van der Waals surface area (Å²) in [4.78, 5) is 30.9. The van der Waals surface area contributed by atoms with Crippen LogP contribution in [0.1, 0.15) is 40.9 Å². The molecule has 0 spiro atoms. The van der Waals surface area contributed by atoms with E-state index in [0.29, 0.717) is 66.3 Å². The van der Waals surface area contributed by atoms with E-state index in [1.165, 1.54) is 42.0 Å². The Labute approximate surface area is 301 Å². The summed E-state index contributed by atoms with van der Waals surface area (Å²) in [6, 6.07) is 12.1. The van der Waals surface area contributed by atoms with E-state index in [4.69, 9.17) is 4.74 Å². The molecular formula is C38H37F5N6O4. The summed E-state index contributed by atoms with van der Waals surface area (Å²) in [7, 11) is 0. The minimum absolute atomic E-state index is 0.0446. The molecule has 0 bridgehead atoms. The summed E-state index contributed by atoms with van der Waals surface area (Å²) in [6.07, 6.45) is -0.967. The Hall–Kier alpha value is -4.96. The summed E-state index contributed by atoms with van der Waals surface area (Å²) < 4.78 is 75.0. The lowest BCUT2D eigenvalue weighted by atomic mass is 9.95. The van der Waals surface area contributed by atoms with Crippen LogP contribution in [0.3, 0.4) is 0 Å². The first-order chi connectivity index (χ1) is 25.2. The predicted octanol–water partition coefficient (Wildman–Crippen LogP) is 6.01. The molecule has 1 fully saturated rings. The van der Waals surface area contributed by atoms with Crippen molar-refractivity contribution in [2.45, 2.75) is 38.8 Å². The molecule has 2 aliphatic heterocycles. The minimum Gasteiger partial charge on any atom is -0.491 e. The molecule has 0 saturated carbocycles. The second-order valence-electron chi connectivity index (χ2n) is 13.8. The molecule has 5 heterocycles. The fraction of sp³-hybridized carbons (Fsp3) is 0.342. The quantitative estimate of drug-likeness (QED) is 0.166. The monoisotopic (exact) mass is 736 g/mol. The summed E-state index contributed by atoms with van der Waals surface area (Å²) in [5.74, 6) is -2.43. The van der Waals surface area contributed by atoms with Gasteiger partial charge in [-0.25, -0.2) is 13.8 Å². The van der Waals surface area contributed by atoms with Crippen molar-refractivity contribution in [3.63, 3.8) is 0 Å². The van der Waals surface area contributed by atoms with Crippen molar-refractivity contribution < 1.29 is 41.7 Å². The number of ether oxygens (including phenoxy) is 1. The van der Waals surface area contributed by atoms with Crippen LogP contribution in [0.4, 0.5) is 27.6 Å². The average molecular weight is 737 g/mol. The number of aromatic amines is 1. The van der Waals surface area contributed by atoms with Gasteiger partial charge in [-0.05, 0) is 78.6 Å². The Morgan fingerprint density at radius 2 is 1.68 bits per heavy atom. The maximum absolute atomic E-state index is 15.5. The Morgan fingerprint density at radius 3 is 2.36 bits per heavy atom. The van der Waals surface area contributed by atoms with Gasteiger partial charge < -0.3 is 24.8 Å². The molecule has 0 atom stereocenters. The number of aromatic nitrogens is 3. The molecule has 53 heavy (non-hydrogen) atoms. The number of H-pyrrole nitrogens is 1. The highest BCUT2D eigenvalue weighted by atomic mass is 19.4. The van der Waals surface area contributed by atoms with Gasteiger partial charge in [-0.3, -0.25) is 19.6 Å². The van der Waals surface area contributed by atoms with E-state index in [-0.39, 0.29) is 41.3 Å². The molecule has 5 aromatic rings. The molecule has 2 aromatic carbocycles. The molecule has 7 rings (SSSR count). The Bertz CT molecular complexity index is 2160. The summed E-state index contributed by atoms with van der Waals surface area (Å²) in [5, 5.41) is 21.7. The van der Waals surface area contributed by atoms with E-state index in [1.807, 2.05) is 18.2 Å². The van der Waals surface area contributed by atoms with E-state index in [1.54, 1.807) is 12.3 Å². The van der Waals surface area contributed by atoms with Crippen molar-refractivity contribution in [3.05, 3.63) is 94.8 Å². The number of fused-ring (bicyclic) bond motifs is 2. The van der Waals surface area contributed by atoms with Gasteiger partial charge in [-0.1, -0.05) is 6.07 Å². The van der Waals surface area contributed by atoms with Crippen LogP contribution in [0.15, 0.2) is 60.9 Å². The fourth-order valence-corrected chi connectivity index (χ4v) is 6.93. The highest BCUT2D eigenvalue weighted by Gasteiger charge is 2.34. The van der Waals surface area contributed by atoms with Crippen LogP contribution in [0.2, 0.25) is 0 Å². The van der Waals surface area contributed by atoms with E-state index in [0.717, 1.165) is 17.7 Å². The molecule has 278 valence electrons. The van der Waals surface area contributed by atoms with Crippen molar-refractivity contribution in [2.24, 2.45) is 0 Å². The molecule has 15 heteroatoms. The molecule has 0 aliphatic carbocycles. The Balaban J connectivity index is 1.16. The summed E-state index contributed by atoms with van der Waals surface area (Å²) in [6.45, 7) is 3.59. The fourth-order valence-electron chi connectivity index (χ4n) is 6.93. The standard InChI is InChI=1S/C38H37F5N6O4/c1-37(2,52)23-13-29(40)34-33(14-23)53-12-11-49(36(34)51)32-16-24(39)15-26(28(32)20-50)25-5-6-44-35-27(25)17-31(46-35)30-4-3-22(18-45-30)19-47-7-9-48(10-8-47)21-38(41,42)43/h3-6,13-18,50,52H,7-12,19-21H2,1-2H3,(H,44,46). The molecule has 1 saturated heterocycles. The molecular weight excluding hydrogens is 699 g/mol. The largest absolute Gasteiger partial charge is 0.491 e. The lowest BCUT2D eigenvalue weighted by Gasteiger charge is -2.34. The second kappa shape index (κ2) is 14.1. The number of rotatable bonds is 8. The highest BCUT2D eigenvalue weighted by Crippen LogP contribution is 2.40. The number of anilines is 1. The first kappa shape index (κ1) is 36.4. The van der Waals surface area contributed by atoms with Gasteiger partial charge in [0.15, 0.2) is 0 Å². The number of aliphatic hydroxyl groups excluding tert-OH is 1. The summed E-state index contributed by atoms with van der Waals surface area (Å²) in [5.41, 5.74) is 2.14. The van der Waals surface area contributed by atoms with Crippen molar-refractivity contribution in [3.8, 4) is 28.3 Å². The van der Waals surface area contributed by atoms with Gasteiger partial charge in [0.05, 0.1) is 42.4 Å². The number of nitrogens with one attached hydrogen (secondary N) is 1. The van der Waals surface area contributed by atoms with Crippen LogP contribution >= 0.6 is 0 Å². The number of piperazine rings is 1. The zero-order chi connectivity index (χ0) is 37.7. The third-order valence-corrected chi connectivity index (χ3v) is 9.63. The van der Waals surface area contributed by atoms with E-state index < -0.39 is 42.5 Å². The van der Waals surface area contributed by atoms with Crippen molar-refractivity contribution in [1.29, 1.82) is 0 Å². The van der Waals surface area contributed by atoms with Crippen LogP contribution in [-0.4, -0.2) is 92.9 Å². The number of halogens is 5. The van der Waals surface area contributed by atoms with Crippen LogP contribution < -0.4 is 9.64 Å². The first-order valence-electron chi connectivity index (χ1n) is 17.1. The van der Waals surface area contributed by atoms with Gasteiger partial charge in [0.25, 0.3) is 5.91 Å². The van der Waals surface area contributed by atoms with Crippen LogP contribution in [0.25, 0.3) is 33.5 Å². The number of carbonyl (C=O) groups excluding carboxylic acids is 1. The number of benzene rings is 2. The number of alkyl halides is 3. The van der Waals surface area contributed by atoms with Crippen molar-refractivity contribution >= 4 is 22.6 Å². The van der Waals surface area contributed by atoms with E-state index in [9.17, 15) is 28.2 Å². The molecule has 1 amide bonds. The number of pyridine rings is 2. The number of carbonyl (C=O) groups is 1. The molecule has 3 aromatic heterocycles. The second-order valence-corrected chi connectivity index (χ2v) is 13.8. The third kappa shape index (κ3) is 7.60. The maximum Gasteiger partial charge on any atom is 0.401 e. The average Bonchev–Trinajstić information content (AvgIpc) is 3.46. The zero-order valence-corrected chi connectivity index (χ0v) is 29.0. The van der Waals surface area contributed by atoms with Gasteiger partial charge in [-0.2, -0.15) is 13.2 Å². The van der Waals surface area contributed by atoms with E-state index in [2.05, 4.69) is 19.9 Å². The predicted molar refractivity (Wildman–Crippen MR) is 187 cm³/mol. The van der Waals surface area contributed by atoms with Gasteiger partial charge in [-0.15, -0.1) is 0 Å². The number of hydrogen-bond acceptors (Lipinski definition) is 8. The van der Waals surface area contributed by atoms with Crippen molar-refractivity contribution in [1.82, 2.24) is 24.8 Å². The molecule has 0 radical (unpaired) electrons. The number of amides is 1. The Morgan fingerprint density at radius 1 is 0.925 bits per heavy atom. The topological polar surface area (TPSA) is 118 Å². The molecule has 3 N–H and O–H groups in total. The van der Waals surface area contributed by atoms with Gasteiger partial charge in [0, 0.05) is 56.1 Å². The number of aliphatic hydroxyl groups is 2. The lowest BCUT2D eigenvalue weighted by Crippen LogP contribution is -2.48. The van der Waals surface area contributed by atoms with E-state index >= 15 is 8.78 Å². The van der Waals surface area contributed by atoms with Gasteiger partial charge in [0.2, 0.25) is 0 Å². The molecule has 10 nitrogen and oxygen atoms in total. The normalized spacial score (nSPS) is 16.2. The number of hydrogen-bond donors (Lipinski definition) is 3. The maximum atomic E-state index is 15.5. The SMILES string of the molecule is CC(C)(O)c1cc(F)c2c(c1)OCCN(c1cc(F)cc(-c3ccnc4[nH]c(-c5ccc(CN6CCN(CC(F)(F)F)CC6)cn5)cc34)c1CO)C2=O. The van der Waals surface area contributed by atoms with Gasteiger partial charge >= 0.3 is 6.18 Å². The Kier molecular flexibility index (Phi) is 9.70. The third-order valence-electron chi connectivity index (χ3n) is 9.63. The van der Waals surface area contributed by atoms with Crippen LogP contribution in [0.5, 0.6) is 5.75 Å². The molecule has 2 aliphatic rings. The highest BCUT2D eigenvalue weighted by molar-refractivity contribution is 6.09. The van der Waals surface area contributed by atoms with Crippen molar-refractivity contribution in [2.75, 3.05) is 50.8 Å². The number of nitrogens with zero attached hydrogens (tertiary/aromatic N) is 5. The zero-order valence-electron chi connectivity index (χ0n) is 29.0. The summed E-state index contributed by atoms with van der Waals surface area (Å²) >= 11 is 0. The first-order valence-corrected chi connectivity index (χ1v) is 17.1. The van der Waals surface area contributed by atoms with Crippen LogP contribution in [0, 0.1) is 11.6 Å². The minimum atomic E-state index is -4.22. The lowest BCUT2D eigenvalue weighted by molar-refractivity contribution is -0.149. The van der Waals surface area contributed by atoms with Gasteiger partial charge in [0.1, 0.15) is 35.2 Å².